The van der Waals surface area contributed by atoms with Gasteiger partial charge >= 0.3 is 5.69 Å². The summed E-state index contributed by atoms with van der Waals surface area (Å²) in [6.07, 6.45) is 1.39. The van der Waals surface area contributed by atoms with Crippen LogP contribution in [0.2, 0.25) is 0 Å². The van der Waals surface area contributed by atoms with Crippen LogP contribution >= 0.6 is 11.8 Å². The summed E-state index contributed by atoms with van der Waals surface area (Å²) in [4.78, 5) is 36.5. The van der Waals surface area contributed by atoms with Gasteiger partial charge in [-0.2, -0.15) is 10.2 Å². The highest BCUT2D eigenvalue weighted by Crippen LogP contribution is 2.26. The number of aromatic nitrogens is 3. The summed E-state index contributed by atoms with van der Waals surface area (Å²) in [6.45, 7) is 3.76. The Labute approximate surface area is 151 Å². The number of benzene rings is 1. The van der Waals surface area contributed by atoms with Crippen molar-refractivity contribution in [2.24, 2.45) is 5.10 Å². The molecule has 1 heterocycles. The molecule has 0 aliphatic heterocycles. The lowest BCUT2D eigenvalue weighted by atomic mass is 10.2. The van der Waals surface area contributed by atoms with Crippen molar-refractivity contribution in [2.75, 3.05) is 6.61 Å². The number of nitrogens with one attached hydrogen (secondary N) is 3. The first kappa shape index (κ1) is 19.2. The first-order chi connectivity index (χ1) is 12.4. The number of ether oxygens (including phenoxy) is 1. The molecule has 0 saturated carbocycles. The van der Waals surface area contributed by atoms with Crippen molar-refractivity contribution in [1.29, 1.82) is 0 Å². The van der Waals surface area contributed by atoms with Crippen molar-refractivity contribution in [3.63, 3.8) is 0 Å². The molecule has 1 unspecified atom stereocenters. The maximum Gasteiger partial charge on any atom is 0.342 e. The second-order valence-electron chi connectivity index (χ2n) is 4.97. The van der Waals surface area contributed by atoms with E-state index in [0.717, 1.165) is 11.8 Å². The van der Waals surface area contributed by atoms with E-state index in [1.165, 1.54) is 12.3 Å². The zero-order valence-corrected chi connectivity index (χ0v) is 14.8. The maximum atomic E-state index is 12.0. The number of aromatic hydroxyl groups is 1. The zero-order chi connectivity index (χ0) is 19.1. The highest BCUT2D eigenvalue weighted by atomic mass is 32.2. The standard InChI is InChI=1S/C15H17N5O5S/c1-3-25-11-6-9(4-5-10(11)21)7-16-18-12(22)8(2)26-14-13(23)17-15(24)20-19-14/h4-8,21H,3H2,1-2H3,(H,18,22)(H2,17,20,23,24)/b16-7+. The van der Waals surface area contributed by atoms with Crippen molar-refractivity contribution in [3.05, 3.63) is 44.6 Å². The van der Waals surface area contributed by atoms with E-state index in [2.05, 4.69) is 20.7 Å². The van der Waals surface area contributed by atoms with Crippen LogP contribution in [0.25, 0.3) is 0 Å². The predicted molar refractivity (Wildman–Crippen MR) is 95.8 cm³/mol. The third kappa shape index (κ3) is 5.21. The number of H-pyrrole nitrogens is 2. The van der Waals surface area contributed by atoms with Crippen LogP contribution < -0.4 is 21.4 Å². The van der Waals surface area contributed by atoms with E-state index in [9.17, 15) is 19.5 Å². The summed E-state index contributed by atoms with van der Waals surface area (Å²) in [5.74, 6) is -0.130. The van der Waals surface area contributed by atoms with Crippen LogP contribution in [0.3, 0.4) is 0 Å². The number of nitrogens with zero attached hydrogens (tertiary/aromatic N) is 2. The minimum atomic E-state index is -0.721. The van der Waals surface area contributed by atoms with Crippen LogP contribution in [0.15, 0.2) is 37.9 Å². The van der Waals surface area contributed by atoms with Gasteiger partial charge in [0, 0.05) is 0 Å². The smallest absolute Gasteiger partial charge is 0.342 e. The second-order valence-corrected chi connectivity index (χ2v) is 6.30. The largest absolute Gasteiger partial charge is 0.504 e. The first-order valence-corrected chi connectivity index (χ1v) is 8.43. The number of phenolic OH excluding ortho intramolecular Hbond substituents is 1. The Balaban J connectivity index is 1.97. The molecule has 0 fully saturated rings. The van der Waals surface area contributed by atoms with Gasteiger partial charge in [-0.05, 0) is 37.6 Å². The van der Waals surface area contributed by atoms with Crippen LogP contribution in [0.4, 0.5) is 0 Å². The highest BCUT2D eigenvalue weighted by Gasteiger charge is 2.17. The molecule has 0 radical (unpaired) electrons. The molecule has 1 aromatic carbocycles. The van der Waals surface area contributed by atoms with E-state index in [1.54, 1.807) is 26.0 Å². The molecule has 0 saturated heterocycles. The van der Waals surface area contributed by atoms with E-state index in [4.69, 9.17) is 4.74 Å². The number of rotatable bonds is 7. The fraction of sp³-hybridized carbons (Fsp3) is 0.267. The summed E-state index contributed by atoms with van der Waals surface area (Å²) >= 11 is 0.880. The molecule has 1 amide bonds. The van der Waals surface area contributed by atoms with Gasteiger partial charge in [0.25, 0.3) is 11.5 Å². The van der Waals surface area contributed by atoms with Crippen LogP contribution in [0.1, 0.15) is 19.4 Å². The lowest BCUT2D eigenvalue weighted by molar-refractivity contribution is -0.120. The molecule has 1 aromatic heterocycles. The van der Waals surface area contributed by atoms with Crippen molar-refractivity contribution in [3.8, 4) is 11.5 Å². The minimum Gasteiger partial charge on any atom is -0.504 e. The molecular formula is C15H17N5O5S. The summed E-state index contributed by atoms with van der Waals surface area (Å²) in [5.41, 5.74) is 1.57. The van der Waals surface area contributed by atoms with Crippen LogP contribution in [0, 0.1) is 0 Å². The molecule has 10 nitrogen and oxygen atoms in total. The Morgan fingerprint density at radius 1 is 1.50 bits per heavy atom. The molecule has 138 valence electrons. The molecule has 0 aliphatic carbocycles. The average molecular weight is 379 g/mol. The van der Waals surface area contributed by atoms with Crippen molar-refractivity contribution in [1.82, 2.24) is 20.6 Å². The molecule has 0 bridgehead atoms. The van der Waals surface area contributed by atoms with E-state index in [1.807, 2.05) is 4.98 Å². The van der Waals surface area contributed by atoms with E-state index >= 15 is 0 Å². The molecule has 2 rings (SSSR count). The monoisotopic (exact) mass is 379 g/mol. The highest BCUT2D eigenvalue weighted by molar-refractivity contribution is 8.00. The number of hydrazone groups is 1. The van der Waals surface area contributed by atoms with Crippen LogP contribution in [0.5, 0.6) is 11.5 Å². The zero-order valence-electron chi connectivity index (χ0n) is 14.0. The number of hydrogen-bond acceptors (Lipinski definition) is 8. The third-order valence-corrected chi connectivity index (χ3v) is 4.08. The normalized spacial score (nSPS) is 12.1. The van der Waals surface area contributed by atoms with Gasteiger partial charge in [0.1, 0.15) is 0 Å². The number of carbonyl (C=O) groups excluding carboxylic acids is 1. The second kappa shape index (κ2) is 8.85. The average Bonchev–Trinajstić information content (AvgIpc) is 2.60. The van der Waals surface area contributed by atoms with Crippen molar-refractivity contribution < 1.29 is 14.6 Å². The summed E-state index contributed by atoms with van der Waals surface area (Å²) in [6, 6.07) is 4.65. The van der Waals surface area contributed by atoms with E-state index in [-0.39, 0.29) is 10.8 Å². The lowest BCUT2D eigenvalue weighted by Crippen LogP contribution is -2.30. The Hall–Kier alpha value is -3.08. The van der Waals surface area contributed by atoms with Gasteiger partial charge in [-0.3, -0.25) is 14.6 Å². The third-order valence-electron chi connectivity index (χ3n) is 3.01. The van der Waals surface area contributed by atoms with Gasteiger partial charge in [-0.1, -0.05) is 11.8 Å². The number of thioether (sulfide) groups is 1. The Bertz CT molecular complexity index is 923. The minimum absolute atomic E-state index is 0.0108. The summed E-state index contributed by atoms with van der Waals surface area (Å²) < 4.78 is 5.26. The molecule has 26 heavy (non-hydrogen) atoms. The van der Waals surface area contributed by atoms with Gasteiger partial charge in [-0.15, -0.1) is 0 Å². The van der Waals surface area contributed by atoms with Gasteiger partial charge in [0.05, 0.1) is 18.1 Å². The van der Waals surface area contributed by atoms with Gasteiger partial charge in [0.2, 0.25) is 0 Å². The number of carbonyl (C=O) groups is 1. The molecule has 2 aromatic rings. The fourth-order valence-corrected chi connectivity index (χ4v) is 2.53. The number of hydrogen-bond donors (Lipinski definition) is 4. The Morgan fingerprint density at radius 3 is 2.96 bits per heavy atom. The predicted octanol–water partition coefficient (Wildman–Crippen LogP) is 0.193. The molecule has 11 heteroatoms. The van der Waals surface area contributed by atoms with E-state index in [0.29, 0.717) is 17.9 Å². The molecule has 0 aliphatic rings. The molecular weight excluding hydrogens is 362 g/mol. The van der Waals surface area contributed by atoms with Crippen LogP contribution in [-0.2, 0) is 4.79 Å². The van der Waals surface area contributed by atoms with Gasteiger partial charge < -0.3 is 9.84 Å². The van der Waals surface area contributed by atoms with Gasteiger partial charge in [0.15, 0.2) is 16.5 Å². The van der Waals surface area contributed by atoms with E-state index < -0.39 is 22.4 Å². The SMILES string of the molecule is CCOc1cc(/C=N/NC(=O)C(C)Sc2n[nH]c(=O)[nH]c2=O)ccc1O. The summed E-state index contributed by atoms with van der Waals surface area (Å²) in [5, 5.41) is 18.4. The number of aromatic amines is 2. The fourth-order valence-electron chi connectivity index (χ4n) is 1.78. The Morgan fingerprint density at radius 2 is 2.27 bits per heavy atom. The lowest BCUT2D eigenvalue weighted by Gasteiger charge is -2.08. The Kier molecular flexibility index (Phi) is 6.55. The van der Waals surface area contributed by atoms with Crippen molar-refractivity contribution in [2.45, 2.75) is 24.1 Å². The maximum absolute atomic E-state index is 12.0. The molecule has 1 atom stereocenters. The first-order valence-electron chi connectivity index (χ1n) is 7.55. The number of amides is 1. The van der Waals surface area contributed by atoms with Gasteiger partial charge in [-0.25, -0.2) is 15.3 Å². The molecule has 0 spiro atoms. The van der Waals surface area contributed by atoms with Crippen LogP contribution in [-0.4, -0.2) is 44.3 Å². The van der Waals surface area contributed by atoms with Crippen molar-refractivity contribution >= 4 is 23.9 Å². The quantitative estimate of drug-likeness (QED) is 0.305. The number of phenols is 1. The molecule has 4 N–H and O–H groups in total. The summed E-state index contributed by atoms with van der Waals surface area (Å²) in [7, 11) is 0. The topological polar surface area (TPSA) is 150 Å².